The first-order chi connectivity index (χ1) is 16.4. The summed E-state index contributed by atoms with van der Waals surface area (Å²) in [6.07, 6.45) is -0.443. The van der Waals surface area contributed by atoms with E-state index < -0.39 is 22.2 Å². The predicted molar refractivity (Wildman–Crippen MR) is 137 cm³/mol. The van der Waals surface area contributed by atoms with Gasteiger partial charge in [0, 0.05) is 25.6 Å². The molecular formula is C26H37N3O5S. The highest BCUT2D eigenvalue weighted by atomic mass is 32.2. The molecule has 2 aromatic carbocycles. The van der Waals surface area contributed by atoms with Gasteiger partial charge in [0.25, 0.3) is 0 Å². The Balaban J connectivity index is 2.06. The fourth-order valence-electron chi connectivity index (χ4n) is 4.13. The minimum Gasteiger partial charge on any atom is -0.487 e. The lowest BCUT2D eigenvalue weighted by atomic mass is 10.0. The molecule has 0 bridgehead atoms. The van der Waals surface area contributed by atoms with E-state index in [0.717, 1.165) is 16.7 Å². The molecule has 1 aliphatic rings. The van der Waals surface area contributed by atoms with Gasteiger partial charge in [0.05, 0.1) is 19.7 Å². The first-order valence-electron chi connectivity index (χ1n) is 11.8. The van der Waals surface area contributed by atoms with Crippen LogP contribution in [0.3, 0.4) is 0 Å². The van der Waals surface area contributed by atoms with Crippen LogP contribution in [-0.2, 0) is 14.8 Å². The molecule has 35 heavy (non-hydrogen) atoms. The van der Waals surface area contributed by atoms with Gasteiger partial charge in [-0.05, 0) is 51.2 Å². The van der Waals surface area contributed by atoms with E-state index in [1.54, 1.807) is 37.1 Å². The number of hydrogen-bond acceptors (Lipinski definition) is 6. The fourth-order valence-corrected chi connectivity index (χ4v) is 5.96. The van der Waals surface area contributed by atoms with Crippen molar-refractivity contribution in [2.45, 2.75) is 37.8 Å². The second-order valence-electron chi connectivity index (χ2n) is 9.78. The molecule has 0 fully saturated rings. The van der Waals surface area contributed by atoms with Crippen LogP contribution in [0.2, 0.25) is 0 Å². The Hall–Kier alpha value is -2.46. The van der Waals surface area contributed by atoms with Crippen LogP contribution in [0.1, 0.15) is 19.4 Å². The van der Waals surface area contributed by atoms with E-state index in [-0.39, 0.29) is 42.2 Å². The third kappa shape index (κ3) is 6.22. The average Bonchev–Trinajstić information content (AvgIpc) is 2.80. The molecule has 0 saturated heterocycles. The van der Waals surface area contributed by atoms with Crippen LogP contribution < -0.4 is 4.74 Å². The number of likely N-dealkylation sites (N-methyl/N-ethyl adjacent to an activating group) is 2. The first kappa shape index (κ1) is 27.1. The number of fused-ring (bicyclic) bond motifs is 1. The van der Waals surface area contributed by atoms with Crippen molar-refractivity contribution in [3.05, 3.63) is 48.0 Å². The highest BCUT2D eigenvalue weighted by Gasteiger charge is 2.38. The van der Waals surface area contributed by atoms with Crippen molar-refractivity contribution in [1.82, 2.24) is 14.1 Å². The Morgan fingerprint density at radius 3 is 2.37 bits per heavy atom. The van der Waals surface area contributed by atoms with Crippen LogP contribution in [0.5, 0.6) is 5.75 Å². The van der Waals surface area contributed by atoms with E-state index in [2.05, 4.69) is 0 Å². The van der Waals surface area contributed by atoms with Crippen LogP contribution in [0.4, 0.5) is 0 Å². The number of hydrogen-bond donors (Lipinski definition) is 1. The van der Waals surface area contributed by atoms with Gasteiger partial charge in [0.15, 0.2) is 0 Å². The van der Waals surface area contributed by atoms with Crippen molar-refractivity contribution in [1.29, 1.82) is 0 Å². The molecule has 8 nitrogen and oxygen atoms in total. The number of rotatable bonds is 7. The monoisotopic (exact) mass is 503 g/mol. The molecule has 0 aliphatic carbocycles. The molecule has 1 amide bonds. The number of nitrogens with zero attached hydrogens (tertiary/aromatic N) is 3. The summed E-state index contributed by atoms with van der Waals surface area (Å²) < 4.78 is 35.0. The zero-order chi connectivity index (χ0) is 25.9. The molecule has 0 aromatic heterocycles. The van der Waals surface area contributed by atoms with Crippen molar-refractivity contribution in [2.24, 2.45) is 5.92 Å². The van der Waals surface area contributed by atoms with Crippen molar-refractivity contribution in [3.63, 3.8) is 0 Å². The Morgan fingerprint density at radius 1 is 1.14 bits per heavy atom. The summed E-state index contributed by atoms with van der Waals surface area (Å²) in [5, 5.41) is 9.80. The number of sulfonamides is 1. The zero-order valence-electron chi connectivity index (χ0n) is 21.4. The van der Waals surface area contributed by atoms with Gasteiger partial charge in [-0.2, -0.15) is 4.31 Å². The minimum atomic E-state index is -3.92. The summed E-state index contributed by atoms with van der Waals surface area (Å²) >= 11 is 0. The number of carbonyl (C=O) groups excluding carboxylic acids is 1. The maximum atomic E-state index is 13.6. The molecule has 0 unspecified atom stereocenters. The fraction of sp³-hybridized carbons (Fsp3) is 0.500. The van der Waals surface area contributed by atoms with Crippen LogP contribution in [-0.4, -0.2) is 93.1 Å². The number of carbonyl (C=O) groups is 1. The minimum absolute atomic E-state index is 0.0466. The van der Waals surface area contributed by atoms with Gasteiger partial charge in [-0.25, -0.2) is 8.42 Å². The van der Waals surface area contributed by atoms with Crippen LogP contribution in [0, 0.1) is 12.8 Å². The lowest BCUT2D eigenvalue weighted by molar-refractivity contribution is -0.132. The lowest BCUT2D eigenvalue weighted by Gasteiger charge is -2.37. The van der Waals surface area contributed by atoms with Gasteiger partial charge in [0.2, 0.25) is 15.9 Å². The second-order valence-corrected chi connectivity index (χ2v) is 11.6. The summed E-state index contributed by atoms with van der Waals surface area (Å²) in [6.45, 7) is 6.07. The molecule has 0 spiro atoms. The molecular weight excluding hydrogens is 466 g/mol. The van der Waals surface area contributed by atoms with Crippen molar-refractivity contribution in [2.75, 3.05) is 47.4 Å². The van der Waals surface area contributed by atoms with E-state index >= 15 is 0 Å². The molecule has 0 saturated carbocycles. The smallest absolute Gasteiger partial charge is 0.247 e. The van der Waals surface area contributed by atoms with Gasteiger partial charge in [-0.3, -0.25) is 4.79 Å². The molecule has 1 aliphatic heterocycles. The Bertz CT molecular complexity index is 1130. The van der Waals surface area contributed by atoms with Gasteiger partial charge in [0.1, 0.15) is 16.7 Å². The van der Waals surface area contributed by atoms with E-state index in [4.69, 9.17) is 4.74 Å². The molecule has 3 atom stereocenters. The average molecular weight is 504 g/mol. The second kappa shape index (κ2) is 11.1. The zero-order valence-corrected chi connectivity index (χ0v) is 22.2. The summed E-state index contributed by atoms with van der Waals surface area (Å²) in [5.41, 5.74) is 2.92. The van der Waals surface area contributed by atoms with E-state index in [9.17, 15) is 18.3 Å². The normalized spacial score (nSPS) is 20.9. The van der Waals surface area contributed by atoms with E-state index in [1.807, 2.05) is 57.1 Å². The maximum absolute atomic E-state index is 13.6. The topological polar surface area (TPSA) is 90.4 Å². The van der Waals surface area contributed by atoms with Crippen LogP contribution in [0.15, 0.2) is 47.4 Å². The highest BCUT2D eigenvalue weighted by Crippen LogP contribution is 2.36. The Labute approximate surface area is 209 Å². The Morgan fingerprint density at radius 2 is 1.77 bits per heavy atom. The van der Waals surface area contributed by atoms with Crippen molar-refractivity contribution < 1.29 is 23.1 Å². The summed E-state index contributed by atoms with van der Waals surface area (Å²) in [5.74, 6) is -0.0255. The number of ether oxygens (including phenoxy) is 1. The van der Waals surface area contributed by atoms with Gasteiger partial charge in [-0.15, -0.1) is 0 Å². The Kier molecular flexibility index (Phi) is 8.58. The van der Waals surface area contributed by atoms with Gasteiger partial charge in [-0.1, -0.05) is 42.8 Å². The maximum Gasteiger partial charge on any atom is 0.247 e. The first-order valence-corrected chi connectivity index (χ1v) is 13.3. The highest BCUT2D eigenvalue weighted by molar-refractivity contribution is 7.89. The summed E-state index contributed by atoms with van der Waals surface area (Å²) in [6, 6.07) is 12.5. The molecule has 3 rings (SSSR count). The molecule has 1 heterocycles. The quantitative estimate of drug-likeness (QED) is 0.624. The largest absolute Gasteiger partial charge is 0.487 e. The summed E-state index contributed by atoms with van der Waals surface area (Å²) in [7, 11) is 1.49. The van der Waals surface area contributed by atoms with E-state index in [1.165, 1.54) is 4.31 Å². The van der Waals surface area contributed by atoms with E-state index in [0.29, 0.717) is 6.54 Å². The molecule has 192 valence electrons. The number of amides is 1. The van der Waals surface area contributed by atoms with Crippen LogP contribution in [0.25, 0.3) is 11.1 Å². The third-order valence-electron chi connectivity index (χ3n) is 6.38. The SMILES string of the molecule is Cc1ccc(-c2ccc3c(c2)O[C@@H](CN(C)C(=O)CN(C)C)[C@H](C)CN([C@H](C)CO)S3(=O)=O)cc1. The molecule has 1 N–H and O–H groups in total. The molecule has 9 heteroatoms. The van der Waals surface area contributed by atoms with Gasteiger partial charge >= 0.3 is 0 Å². The number of aliphatic hydroxyl groups excluding tert-OH is 1. The standard InChI is InChI=1S/C26H37N3O5S/c1-18-7-9-21(10-8-18)22-11-12-25-23(13-22)34-24(15-28(6)26(31)16-27(4)5)19(2)14-29(20(3)17-30)35(25,32)33/h7-13,19-20,24,30H,14-17H2,1-6H3/t19-,20-,24+/m1/s1. The van der Waals surface area contributed by atoms with Crippen molar-refractivity contribution in [3.8, 4) is 16.9 Å². The molecule has 0 radical (unpaired) electrons. The summed E-state index contributed by atoms with van der Waals surface area (Å²) in [4.78, 5) is 16.1. The van der Waals surface area contributed by atoms with Gasteiger partial charge < -0.3 is 19.6 Å². The number of benzene rings is 2. The lowest BCUT2D eigenvalue weighted by Crippen LogP contribution is -2.50. The van der Waals surface area contributed by atoms with Crippen LogP contribution >= 0.6 is 0 Å². The number of aliphatic hydroxyl groups is 1. The predicted octanol–water partition coefficient (Wildman–Crippen LogP) is 2.45. The number of aryl methyl sites for hydroxylation is 1. The molecule has 2 aromatic rings. The van der Waals surface area contributed by atoms with Crippen molar-refractivity contribution >= 4 is 15.9 Å². The third-order valence-corrected chi connectivity index (χ3v) is 8.40.